The van der Waals surface area contributed by atoms with Gasteiger partial charge in [0.15, 0.2) is 0 Å². The van der Waals surface area contributed by atoms with Crippen molar-refractivity contribution in [2.24, 2.45) is 0 Å². The summed E-state index contributed by atoms with van der Waals surface area (Å²) in [6.45, 7) is 2.37. The summed E-state index contributed by atoms with van der Waals surface area (Å²) in [6, 6.07) is 14.7. The van der Waals surface area contributed by atoms with E-state index in [1.54, 1.807) is 31.5 Å². The summed E-state index contributed by atoms with van der Waals surface area (Å²) in [7, 11) is 5.60. The molecule has 36 heavy (non-hydrogen) atoms. The van der Waals surface area contributed by atoms with Gasteiger partial charge in [-0.2, -0.15) is 0 Å². The average Bonchev–Trinajstić information content (AvgIpc) is 3.39. The number of rotatable bonds is 10. The van der Waals surface area contributed by atoms with Crippen molar-refractivity contribution in [3.05, 3.63) is 61.1 Å². The minimum absolute atomic E-state index is 0.309. The molecule has 0 bridgehead atoms. The third kappa shape index (κ3) is 6.61. The number of methoxy groups -OCH3 is 1. The number of nitrogens with one attached hydrogen (secondary N) is 1. The Morgan fingerprint density at radius 1 is 1.14 bits per heavy atom. The van der Waals surface area contributed by atoms with Crippen LogP contribution in [0, 0.1) is 0 Å². The van der Waals surface area contributed by atoms with Gasteiger partial charge < -0.3 is 29.2 Å². The first-order valence-corrected chi connectivity index (χ1v) is 11.7. The number of carbonyl (C=O) groups is 1. The van der Waals surface area contributed by atoms with Gasteiger partial charge in [-0.15, -0.1) is 0 Å². The van der Waals surface area contributed by atoms with Crippen molar-refractivity contribution in [1.29, 1.82) is 0 Å². The van der Waals surface area contributed by atoms with Crippen LogP contribution in [0.5, 0.6) is 11.5 Å². The normalized spacial score (nSPS) is 14.9. The Labute approximate surface area is 210 Å². The fourth-order valence-corrected chi connectivity index (χ4v) is 3.61. The highest BCUT2D eigenvalue weighted by Gasteiger charge is 2.28. The lowest BCUT2D eigenvalue weighted by atomic mass is 10.2. The van der Waals surface area contributed by atoms with E-state index < -0.39 is 6.09 Å². The maximum absolute atomic E-state index is 13.4. The largest absolute Gasteiger partial charge is 0.497 e. The number of amides is 1. The van der Waals surface area contributed by atoms with Crippen LogP contribution in [0.1, 0.15) is 6.42 Å². The molecule has 10 heteroatoms. The van der Waals surface area contributed by atoms with Gasteiger partial charge in [0.2, 0.25) is 0 Å². The van der Waals surface area contributed by atoms with E-state index in [1.807, 2.05) is 44.4 Å². The minimum atomic E-state index is -0.554. The molecule has 2 aromatic carbocycles. The summed E-state index contributed by atoms with van der Waals surface area (Å²) in [5, 5.41) is 3.39. The Morgan fingerprint density at radius 2 is 1.94 bits per heavy atom. The second-order valence-corrected chi connectivity index (χ2v) is 8.46. The molecule has 1 amide bonds. The zero-order valence-electron chi connectivity index (χ0n) is 20.7. The molecule has 0 spiro atoms. The molecule has 1 N–H and O–H groups in total. The van der Waals surface area contributed by atoms with E-state index in [1.165, 1.54) is 11.2 Å². The average molecular weight is 494 g/mol. The molecule has 0 unspecified atom stereocenters. The van der Waals surface area contributed by atoms with Gasteiger partial charge in [-0.25, -0.2) is 19.7 Å². The van der Waals surface area contributed by atoms with Gasteiger partial charge >= 0.3 is 6.09 Å². The molecule has 0 aliphatic carbocycles. The summed E-state index contributed by atoms with van der Waals surface area (Å²) >= 11 is 0. The number of aromatic nitrogens is 2. The molecule has 1 aliphatic heterocycles. The van der Waals surface area contributed by atoms with Crippen LogP contribution in [0.3, 0.4) is 0 Å². The summed E-state index contributed by atoms with van der Waals surface area (Å²) in [5.74, 6) is 1.79. The van der Waals surface area contributed by atoms with E-state index in [9.17, 15) is 4.79 Å². The van der Waals surface area contributed by atoms with Crippen LogP contribution in [0.4, 0.5) is 27.7 Å². The number of anilines is 4. The van der Waals surface area contributed by atoms with E-state index in [0.717, 1.165) is 18.0 Å². The molecule has 10 nitrogen and oxygen atoms in total. The first-order chi connectivity index (χ1) is 17.5. The predicted molar refractivity (Wildman–Crippen MR) is 137 cm³/mol. The molecule has 2 heterocycles. The molecule has 1 aromatic heterocycles. The molecule has 1 aliphatic rings. The van der Waals surface area contributed by atoms with Gasteiger partial charge in [0, 0.05) is 30.9 Å². The number of benzene rings is 2. The zero-order chi connectivity index (χ0) is 25.3. The van der Waals surface area contributed by atoms with Crippen LogP contribution in [-0.2, 0) is 9.47 Å². The third-order valence-corrected chi connectivity index (χ3v) is 5.52. The molecule has 190 valence electrons. The molecule has 1 fully saturated rings. The molecule has 1 saturated heterocycles. The van der Waals surface area contributed by atoms with Crippen molar-refractivity contribution < 1.29 is 23.7 Å². The van der Waals surface area contributed by atoms with E-state index in [4.69, 9.17) is 18.9 Å². The monoisotopic (exact) mass is 493 g/mol. The highest BCUT2D eigenvalue weighted by molar-refractivity contribution is 5.99. The van der Waals surface area contributed by atoms with Crippen molar-refractivity contribution >= 4 is 29.0 Å². The first kappa shape index (κ1) is 25.2. The number of ether oxygens (including phenoxy) is 4. The number of carbonyl (C=O) groups excluding carboxylic acids is 1. The summed E-state index contributed by atoms with van der Waals surface area (Å²) in [4.78, 5) is 25.1. The summed E-state index contributed by atoms with van der Waals surface area (Å²) in [6.07, 6.45) is 2.76. The van der Waals surface area contributed by atoms with E-state index in [-0.39, 0.29) is 6.10 Å². The van der Waals surface area contributed by atoms with E-state index in [2.05, 4.69) is 20.2 Å². The maximum atomic E-state index is 13.4. The number of hydrogen-bond donors (Lipinski definition) is 1. The minimum Gasteiger partial charge on any atom is -0.497 e. The molecule has 4 rings (SSSR count). The SMILES string of the molecule is COc1ccc(N(C(=O)O[C@H]2CCOC2)c2ccncn2)c(Nc2ccc(OCCN(C)C)cc2)c1. The Kier molecular flexibility index (Phi) is 8.53. The second-order valence-electron chi connectivity index (χ2n) is 8.46. The lowest BCUT2D eigenvalue weighted by Crippen LogP contribution is -2.32. The Bertz CT molecular complexity index is 1120. The highest BCUT2D eigenvalue weighted by Crippen LogP contribution is 2.37. The zero-order valence-corrected chi connectivity index (χ0v) is 20.7. The highest BCUT2D eigenvalue weighted by atomic mass is 16.6. The maximum Gasteiger partial charge on any atom is 0.420 e. The smallest absolute Gasteiger partial charge is 0.420 e. The number of hydrogen-bond acceptors (Lipinski definition) is 9. The van der Waals surface area contributed by atoms with Gasteiger partial charge in [-0.3, -0.25) is 0 Å². The molecule has 1 atom stereocenters. The first-order valence-electron chi connectivity index (χ1n) is 11.7. The fourth-order valence-electron chi connectivity index (χ4n) is 3.61. The Balaban J connectivity index is 1.61. The standard InChI is InChI=1S/C26H31N5O5/c1-30(2)13-15-35-20-6-4-19(5-7-20)29-23-16-21(33-3)8-9-24(23)31(25-10-12-27-18-28-25)26(32)36-22-11-14-34-17-22/h4-10,12,16,18,22,29H,11,13-15,17H2,1-3H3/t22-/m0/s1. The molecule has 0 radical (unpaired) electrons. The Morgan fingerprint density at radius 3 is 2.61 bits per heavy atom. The van der Waals surface area contributed by atoms with Gasteiger partial charge in [0.25, 0.3) is 0 Å². The van der Waals surface area contributed by atoms with Gasteiger partial charge in [0.05, 0.1) is 31.7 Å². The lowest BCUT2D eigenvalue weighted by molar-refractivity contribution is 0.0898. The van der Waals surface area contributed by atoms with Crippen LogP contribution in [0.2, 0.25) is 0 Å². The third-order valence-electron chi connectivity index (χ3n) is 5.52. The molecule has 3 aromatic rings. The van der Waals surface area contributed by atoms with E-state index >= 15 is 0 Å². The number of likely N-dealkylation sites (N-methyl/N-ethyl adjacent to an activating group) is 1. The van der Waals surface area contributed by atoms with Crippen LogP contribution in [0.25, 0.3) is 0 Å². The van der Waals surface area contributed by atoms with Crippen molar-refractivity contribution in [2.45, 2.75) is 12.5 Å². The van der Waals surface area contributed by atoms with Crippen molar-refractivity contribution in [3.63, 3.8) is 0 Å². The topological polar surface area (TPSA) is 98.3 Å². The van der Waals surface area contributed by atoms with Crippen LogP contribution >= 0.6 is 0 Å². The second kappa shape index (κ2) is 12.2. The van der Waals surface area contributed by atoms with Crippen LogP contribution in [0.15, 0.2) is 61.1 Å². The van der Waals surface area contributed by atoms with E-state index in [0.29, 0.717) is 49.2 Å². The van der Waals surface area contributed by atoms with Gasteiger partial charge in [-0.05, 0) is 56.6 Å². The summed E-state index contributed by atoms with van der Waals surface area (Å²) in [5.41, 5.74) is 1.99. The lowest BCUT2D eigenvalue weighted by Gasteiger charge is -2.25. The number of nitrogens with zero attached hydrogens (tertiary/aromatic N) is 4. The molecule has 0 saturated carbocycles. The van der Waals surface area contributed by atoms with Crippen LogP contribution < -0.4 is 19.7 Å². The predicted octanol–water partition coefficient (Wildman–Crippen LogP) is 4.23. The Hall–Kier alpha value is -3.89. The van der Waals surface area contributed by atoms with Crippen molar-refractivity contribution in [3.8, 4) is 11.5 Å². The fraction of sp³-hybridized carbons (Fsp3) is 0.346. The quantitative estimate of drug-likeness (QED) is 0.445. The van der Waals surface area contributed by atoms with Gasteiger partial charge in [-0.1, -0.05) is 0 Å². The van der Waals surface area contributed by atoms with Gasteiger partial charge in [0.1, 0.15) is 36.4 Å². The van der Waals surface area contributed by atoms with Crippen molar-refractivity contribution in [2.75, 3.05) is 57.8 Å². The molecular weight excluding hydrogens is 462 g/mol. The summed E-state index contributed by atoms with van der Waals surface area (Å²) < 4.78 is 22.3. The van der Waals surface area contributed by atoms with Crippen LogP contribution in [-0.4, -0.2) is 74.6 Å². The molecular formula is C26H31N5O5. The van der Waals surface area contributed by atoms with Crippen molar-refractivity contribution in [1.82, 2.24) is 14.9 Å².